The van der Waals surface area contributed by atoms with Crippen molar-refractivity contribution in [2.75, 3.05) is 12.3 Å². The van der Waals surface area contributed by atoms with Gasteiger partial charge >= 0.3 is 0 Å². The van der Waals surface area contributed by atoms with Crippen LogP contribution in [0.15, 0.2) is 29.3 Å². The molecular weight excluding hydrogens is 330 g/mol. The maximum absolute atomic E-state index is 12.6. The van der Waals surface area contributed by atoms with Crippen molar-refractivity contribution >= 4 is 17.7 Å². The SMILES string of the molecule is Cc1nc(SCC(=O)N2CCc3ccccc3C2)c(C#N)c(C)c1C. The highest BCUT2D eigenvalue weighted by molar-refractivity contribution is 8.00. The normalized spacial score (nSPS) is 13.3. The van der Waals surface area contributed by atoms with E-state index in [0.717, 1.165) is 29.8 Å². The van der Waals surface area contributed by atoms with Gasteiger partial charge in [0.25, 0.3) is 0 Å². The van der Waals surface area contributed by atoms with E-state index in [1.54, 1.807) is 0 Å². The van der Waals surface area contributed by atoms with E-state index in [1.807, 2.05) is 37.8 Å². The van der Waals surface area contributed by atoms with Crippen molar-refractivity contribution in [3.8, 4) is 6.07 Å². The number of aryl methyl sites for hydroxylation is 1. The molecule has 0 aliphatic carbocycles. The van der Waals surface area contributed by atoms with Crippen LogP contribution in [-0.4, -0.2) is 28.1 Å². The van der Waals surface area contributed by atoms with Crippen molar-refractivity contribution < 1.29 is 4.79 Å². The van der Waals surface area contributed by atoms with Crippen LogP contribution in [0.3, 0.4) is 0 Å². The van der Waals surface area contributed by atoms with Gasteiger partial charge in [0.05, 0.1) is 11.3 Å². The van der Waals surface area contributed by atoms with Crippen molar-refractivity contribution in [3.05, 3.63) is 57.8 Å². The van der Waals surface area contributed by atoms with Crippen LogP contribution in [0.5, 0.6) is 0 Å². The zero-order chi connectivity index (χ0) is 18.0. The molecule has 4 nitrogen and oxygen atoms in total. The molecule has 3 rings (SSSR count). The van der Waals surface area contributed by atoms with Crippen molar-refractivity contribution in [1.82, 2.24) is 9.88 Å². The van der Waals surface area contributed by atoms with E-state index < -0.39 is 0 Å². The van der Waals surface area contributed by atoms with Crippen molar-refractivity contribution in [2.45, 2.75) is 38.8 Å². The number of nitriles is 1. The second kappa shape index (κ2) is 7.28. The average molecular weight is 351 g/mol. The lowest BCUT2D eigenvalue weighted by Crippen LogP contribution is -2.37. The molecule has 1 aromatic carbocycles. The van der Waals surface area contributed by atoms with E-state index in [-0.39, 0.29) is 5.91 Å². The van der Waals surface area contributed by atoms with E-state index in [1.165, 1.54) is 22.9 Å². The van der Waals surface area contributed by atoms with Gasteiger partial charge in [-0.2, -0.15) is 5.26 Å². The Morgan fingerprint density at radius 3 is 2.68 bits per heavy atom. The predicted molar refractivity (Wildman–Crippen MR) is 99.5 cm³/mol. The number of carbonyl (C=O) groups is 1. The molecule has 0 bridgehead atoms. The van der Waals surface area contributed by atoms with E-state index in [9.17, 15) is 10.1 Å². The molecule has 2 aromatic rings. The number of fused-ring (bicyclic) bond motifs is 1. The number of carbonyl (C=O) groups excluding carboxylic acids is 1. The zero-order valence-electron chi connectivity index (χ0n) is 14.8. The maximum atomic E-state index is 12.6. The molecule has 0 saturated heterocycles. The monoisotopic (exact) mass is 351 g/mol. The summed E-state index contributed by atoms with van der Waals surface area (Å²) in [5, 5.41) is 10.1. The van der Waals surface area contributed by atoms with Gasteiger partial charge < -0.3 is 4.90 Å². The summed E-state index contributed by atoms with van der Waals surface area (Å²) in [6.07, 6.45) is 0.900. The molecule has 1 aliphatic rings. The number of thioether (sulfide) groups is 1. The molecule has 0 unspecified atom stereocenters. The first-order valence-corrected chi connectivity index (χ1v) is 9.35. The highest BCUT2D eigenvalue weighted by Gasteiger charge is 2.21. The van der Waals surface area contributed by atoms with Crippen molar-refractivity contribution in [2.24, 2.45) is 0 Å². The third-order valence-corrected chi connectivity index (χ3v) is 5.85. The molecule has 1 aromatic heterocycles. The molecule has 0 atom stereocenters. The Morgan fingerprint density at radius 1 is 1.24 bits per heavy atom. The van der Waals surface area contributed by atoms with Crippen LogP contribution >= 0.6 is 11.8 Å². The molecule has 1 amide bonds. The van der Waals surface area contributed by atoms with Crippen LogP contribution in [0, 0.1) is 32.1 Å². The lowest BCUT2D eigenvalue weighted by Gasteiger charge is -2.28. The quantitative estimate of drug-likeness (QED) is 0.794. The summed E-state index contributed by atoms with van der Waals surface area (Å²) in [5.74, 6) is 0.410. The summed E-state index contributed by atoms with van der Waals surface area (Å²) >= 11 is 1.37. The first-order chi connectivity index (χ1) is 12.0. The number of amides is 1. The van der Waals surface area contributed by atoms with Gasteiger partial charge in [-0.05, 0) is 49.4 Å². The number of rotatable bonds is 3. The van der Waals surface area contributed by atoms with Crippen LogP contribution in [0.2, 0.25) is 0 Å². The topological polar surface area (TPSA) is 57.0 Å². The molecule has 0 fully saturated rings. The minimum absolute atomic E-state index is 0.0982. The van der Waals surface area contributed by atoms with Crippen LogP contribution in [0.25, 0.3) is 0 Å². The molecule has 25 heavy (non-hydrogen) atoms. The Hall–Kier alpha value is -2.32. The predicted octanol–water partition coefficient (Wildman–Crippen LogP) is 3.56. The zero-order valence-corrected chi connectivity index (χ0v) is 15.6. The molecule has 0 saturated carbocycles. The van der Waals surface area contributed by atoms with E-state index in [2.05, 4.69) is 23.2 Å². The lowest BCUT2D eigenvalue weighted by molar-refractivity contribution is -0.129. The minimum atomic E-state index is 0.0982. The molecule has 0 spiro atoms. The van der Waals surface area contributed by atoms with Crippen molar-refractivity contribution in [3.63, 3.8) is 0 Å². The minimum Gasteiger partial charge on any atom is -0.337 e. The second-order valence-electron chi connectivity index (χ2n) is 6.36. The van der Waals surface area contributed by atoms with E-state index in [0.29, 0.717) is 22.9 Å². The summed E-state index contributed by atoms with van der Waals surface area (Å²) < 4.78 is 0. The fourth-order valence-electron chi connectivity index (χ4n) is 3.08. The fraction of sp³-hybridized carbons (Fsp3) is 0.350. The van der Waals surface area contributed by atoms with E-state index in [4.69, 9.17) is 0 Å². The van der Waals surface area contributed by atoms with Gasteiger partial charge in [0.15, 0.2) is 0 Å². The number of benzene rings is 1. The van der Waals surface area contributed by atoms with Crippen LogP contribution in [0.1, 0.15) is 33.5 Å². The first-order valence-electron chi connectivity index (χ1n) is 8.36. The first kappa shape index (κ1) is 17.5. The standard InChI is InChI=1S/C20H21N3OS/c1-13-14(2)18(10-21)20(22-15(13)3)25-12-19(24)23-9-8-16-6-4-5-7-17(16)11-23/h4-7H,8-9,11-12H2,1-3H3. The summed E-state index contributed by atoms with van der Waals surface area (Å²) in [5.41, 5.74) is 6.06. The third kappa shape index (κ3) is 3.54. The van der Waals surface area contributed by atoms with Crippen LogP contribution in [0.4, 0.5) is 0 Å². The molecule has 0 radical (unpaired) electrons. The maximum Gasteiger partial charge on any atom is 0.233 e. The van der Waals surface area contributed by atoms with Crippen LogP contribution < -0.4 is 0 Å². The van der Waals surface area contributed by atoms with Gasteiger partial charge in [-0.1, -0.05) is 36.0 Å². The van der Waals surface area contributed by atoms with Gasteiger partial charge in [-0.25, -0.2) is 4.98 Å². The number of nitrogens with zero attached hydrogens (tertiary/aromatic N) is 3. The summed E-state index contributed by atoms with van der Waals surface area (Å²) in [6, 6.07) is 10.5. The number of hydrogen-bond acceptors (Lipinski definition) is 4. The molecular formula is C20H21N3OS. The van der Waals surface area contributed by atoms with Gasteiger partial charge in [0.2, 0.25) is 5.91 Å². The number of aromatic nitrogens is 1. The summed E-state index contributed by atoms with van der Waals surface area (Å²) in [6.45, 7) is 7.27. The Labute approximate surface area is 152 Å². The van der Waals surface area contributed by atoms with Crippen molar-refractivity contribution in [1.29, 1.82) is 5.26 Å². The summed E-state index contributed by atoms with van der Waals surface area (Å²) in [7, 11) is 0. The molecule has 5 heteroatoms. The second-order valence-corrected chi connectivity index (χ2v) is 7.33. The van der Waals surface area contributed by atoms with E-state index >= 15 is 0 Å². The molecule has 1 aliphatic heterocycles. The van der Waals surface area contributed by atoms with Gasteiger partial charge in [-0.15, -0.1) is 0 Å². The smallest absolute Gasteiger partial charge is 0.233 e. The Morgan fingerprint density at radius 2 is 1.96 bits per heavy atom. The average Bonchev–Trinajstić information content (AvgIpc) is 2.63. The Bertz CT molecular complexity index is 870. The number of hydrogen-bond donors (Lipinski definition) is 0. The highest BCUT2D eigenvalue weighted by atomic mass is 32.2. The lowest BCUT2D eigenvalue weighted by atomic mass is 10.00. The largest absolute Gasteiger partial charge is 0.337 e. The fourth-order valence-corrected chi connectivity index (χ4v) is 4.06. The van der Waals surface area contributed by atoms with Gasteiger partial charge in [0.1, 0.15) is 11.1 Å². The third-order valence-electron chi connectivity index (χ3n) is 4.89. The highest BCUT2D eigenvalue weighted by Crippen LogP contribution is 2.27. The Kier molecular flexibility index (Phi) is 5.10. The van der Waals surface area contributed by atoms with Gasteiger partial charge in [-0.3, -0.25) is 4.79 Å². The molecule has 0 N–H and O–H groups in total. The van der Waals surface area contributed by atoms with Gasteiger partial charge in [0, 0.05) is 18.8 Å². The number of pyridine rings is 1. The summed E-state index contributed by atoms with van der Waals surface area (Å²) in [4.78, 5) is 19.0. The van der Waals surface area contributed by atoms with Crippen LogP contribution in [-0.2, 0) is 17.8 Å². The Balaban J connectivity index is 1.71. The molecule has 128 valence electrons. The molecule has 2 heterocycles.